The van der Waals surface area contributed by atoms with Crippen LogP contribution in [0.25, 0.3) is 0 Å². The van der Waals surface area contributed by atoms with Crippen molar-refractivity contribution in [1.82, 2.24) is 9.88 Å². The molecule has 1 spiro atoms. The molecule has 3 rings (SSSR count). The van der Waals surface area contributed by atoms with Crippen LogP contribution < -0.4 is 0 Å². The summed E-state index contributed by atoms with van der Waals surface area (Å²) >= 11 is 0. The van der Waals surface area contributed by atoms with Gasteiger partial charge in [0.25, 0.3) is 0 Å². The number of ketones is 2. The van der Waals surface area contributed by atoms with Crippen LogP contribution in [0.1, 0.15) is 78.1 Å². The molecule has 1 N–H and O–H groups in total. The second-order valence-electron chi connectivity index (χ2n) is 8.01. The molecular weight excluding hydrogens is 312 g/mol. The van der Waals surface area contributed by atoms with E-state index < -0.39 is 0 Å². The fourth-order valence-electron chi connectivity index (χ4n) is 4.79. The third-order valence-electron chi connectivity index (χ3n) is 6.21. The van der Waals surface area contributed by atoms with Crippen molar-refractivity contribution in [2.45, 2.75) is 65.8 Å². The molecule has 0 radical (unpaired) electrons. The van der Waals surface area contributed by atoms with Crippen LogP contribution >= 0.6 is 0 Å². The Labute approximate surface area is 150 Å². The summed E-state index contributed by atoms with van der Waals surface area (Å²) in [5, 5.41) is 0. The van der Waals surface area contributed by atoms with E-state index in [0.717, 1.165) is 43.6 Å². The third kappa shape index (κ3) is 3.37. The van der Waals surface area contributed by atoms with Crippen molar-refractivity contribution in [2.24, 2.45) is 5.41 Å². The molecule has 2 aliphatic rings. The van der Waals surface area contributed by atoms with Crippen molar-refractivity contribution in [2.75, 3.05) is 13.1 Å². The van der Waals surface area contributed by atoms with Crippen LogP contribution in [0.4, 0.5) is 0 Å². The van der Waals surface area contributed by atoms with Gasteiger partial charge in [-0.2, -0.15) is 0 Å². The normalized spacial score (nSPS) is 25.3. The number of rotatable bonds is 4. The van der Waals surface area contributed by atoms with Crippen LogP contribution in [-0.4, -0.2) is 40.6 Å². The summed E-state index contributed by atoms with van der Waals surface area (Å²) in [6.45, 7) is 9.31. The zero-order valence-electron chi connectivity index (χ0n) is 15.9. The van der Waals surface area contributed by atoms with E-state index in [1.54, 1.807) is 6.92 Å². The van der Waals surface area contributed by atoms with Gasteiger partial charge in [0.15, 0.2) is 11.6 Å². The van der Waals surface area contributed by atoms with Gasteiger partial charge < -0.3 is 4.98 Å². The van der Waals surface area contributed by atoms with Crippen LogP contribution in [0, 0.1) is 19.3 Å². The molecule has 4 nitrogen and oxygen atoms in total. The van der Waals surface area contributed by atoms with Gasteiger partial charge in [0, 0.05) is 17.8 Å². The van der Waals surface area contributed by atoms with E-state index in [9.17, 15) is 9.59 Å². The quantitative estimate of drug-likeness (QED) is 0.658. The number of nitrogens with zero attached hydrogens (tertiary/aromatic N) is 1. The van der Waals surface area contributed by atoms with E-state index in [-0.39, 0.29) is 17.6 Å². The maximum absolute atomic E-state index is 13.1. The van der Waals surface area contributed by atoms with Gasteiger partial charge >= 0.3 is 0 Å². The molecule has 0 amide bonds. The number of aryl methyl sites for hydroxylation is 1. The van der Waals surface area contributed by atoms with Crippen molar-refractivity contribution in [3.63, 3.8) is 0 Å². The summed E-state index contributed by atoms with van der Waals surface area (Å²) in [5.41, 5.74) is 3.23. The number of allylic oxidation sites excluding steroid dienone is 2. The Hall–Kier alpha value is -1.68. The lowest BCUT2D eigenvalue weighted by molar-refractivity contribution is 0.0460. The fourth-order valence-corrected chi connectivity index (χ4v) is 4.79. The number of aromatic amines is 1. The van der Waals surface area contributed by atoms with Crippen LogP contribution in [-0.2, 0) is 0 Å². The van der Waals surface area contributed by atoms with Crippen LogP contribution in [0.3, 0.4) is 0 Å². The zero-order chi connectivity index (χ0) is 18.2. The molecule has 1 aliphatic heterocycles. The smallest absolute Gasteiger partial charge is 0.196 e. The lowest BCUT2D eigenvalue weighted by atomic mass is 9.71. The molecule has 1 aliphatic carbocycles. The number of hydrogen-bond donors (Lipinski definition) is 1. The summed E-state index contributed by atoms with van der Waals surface area (Å²) in [7, 11) is 0. The van der Waals surface area contributed by atoms with Crippen molar-refractivity contribution < 1.29 is 9.59 Å². The molecule has 1 fully saturated rings. The topological polar surface area (TPSA) is 53.2 Å². The molecule has 0 aromatic carbocycles. The highest BCUT2D eigenvalue weighted by atomic mass is 16.1. The van der Waals surface area contributed by atoms with Gasteiger partial charge in [0.05, 0.1) is 11.7 Å². The SMILES string of the molecule is CC(=O)c1c(C)[nH]c(C(=O)[C@@H](C)N2CCC[C@]3(CC=CCC3)C2)c1C. The monoisotopic (exact) mass is 342 g/mol. The van der Waals surface area contributed by atoms with Crippen LogP contribution in [0.2, 0.25) is 0 Å². The lowest BCUT2D eigenvalue weighted by Gasteiger charge is -2.45. The number of Topliss-reactive ketones (excluding diaryl/α,β-unsaturated/α-hetero) is 2. The van der Waals surface area contributed by atoms with Gasteiger partial charge in [-0.15, -0.1) is 0 Å². The Bertz CT molecular complexity index is 716. The Balaban J connectivity index is 1.80. The molecule has 1 aromatic rings. The summed E-state index contributed by atoms with van der Waals surface area (Å²) < 4.78 is 0. The van der Waals surface area contributed by atoms with E-state index in [4.69, 9.17) is 0 Å². The minimum absolute atomic E-state index is 0.0175. The van der Waals surface area contributed by atoms with E-state index in [0.29, 0.717) is 16.7 Å². The highest BCUT2D eigenvalue weighted by Gasteiger charge is 2.38. The number of H-pyrrole nitrogens is 1. The minimum atomic E-state index is -0.153. The van der Waals surface area contributed by atoms with Crippen molar-refractivity contribution in [3.05, 3.63) is 34.7 Å². The predicted octanol–water partition coefficient (Wildman–Crippen LogP) is 4.23. The standard InChI is InChI=1S/C21H30N2O2/c1-14-18(17(4)24)15(2)22-19(14)20(25)16(3)23-12-8-11-21(13-23)9-6-5-7-10-21/h5-6,16,22H,7-13H2,1-4H3/t16-,21-/m1/s1. The Kier molecular flexibility index (Phi) is 5.01. The number of aromatic nitrogens is 1. The Morgan fingerprint density at radius 2 is 2.00 bits per heavy atom. The largest absolute Gasteiger partial charge is 0.355 e. The Morgan fingerprint density at radius 1 is 1.24 bits per heavy atom. The maximum Gasteiger partial charge on any atom is 0.196 e. The average molecular weight is 342 g/mol. The van der Waals surface area contributed by atoms with E-state index >= 15 is 0 Å². The molecule has 2 atom stereocenters. The molecule has 136 valence electrons. The van der Waals surface area contributed by atoms with E-state index in [1.165, 1.54) is 12.8 Å². The molecule has 4 heteroatoms. The number of hydrogen-bond acceptors (Lipinski definition) is 3. The minimum Gasteiger partial charge on any atom is -0.355 e. The summed E-state index contributed by atoms with van der Waals surface area (Å²) in [4.78, 5) is 30.5. The third-order valence-corrected chi connectivity index (χ3v) is 6.21. The van der Waals surface area contributed by atoms with Gasteiger partial charge in [0.1, 0.15) is 0 Å². The second-order valence-corrected chi connectivity index (χ2v) is 8.01. The van der Waals surface area contributed by atoms with E-state index in [1.807, 2.05) is 20.8 Å². The number of carbonyl (C=O) groups excluding carboxylic acids is 2. The van der Waals surface area contributed by atoms with Crippen molar-refractivity contribution in [3.8, 4) is 0 Å². The molecule has 1 aromatic heterocycles. The van der Waals surface area contributed by atoms with E-state index in [2.05, 4.69) is 22.0 Å². The van der Waals surface area contributed by atoms with Crippen LogP contribution in [0.5, 0.6) is 0 Å². The van der Waals surface area contributed by atoms with Gasteiger partial charge in [-0.3, -0.25) is 14.5 Å². The molecule has 0 unspecified atom stereocenters. The summed E-state index contributed by atoms with van der Waals surface area (Å²) in [6.07, 6.45) is 10.6. The first-order chi connectivity index (χ1) is 11.8. The summed E-state index contributed by atoms with van der Waals surface area (Å²) in [6, 6.07) is -0.153. The number of piperidine rings is 1. The average Bonchev–Trinajstić information content (AvgIpc) is 2.89. The first-order valence-corrected chi connectivity index (χ1v) is 9.48. The number of carbonyl (C=O) groups is 2. The predicted molar refractivity (Wildman–Crippen MR) is 100 cm³/mol. The fraction of sp³-hybridized carbons (Fsp3) is 0.619. The van der Waals surface area contributed by atoms with Gasteiger partial charge in [0.2, 0.25) is 0 Å². The van der Waals surface area contributed by atoms with Crippen molar-refractivity contribution >= 4 is 11.6 Å². The van der Waals surface area contributed by atoms with Crippen molar-refractivity contribution in [1.29, 1.82) is 0 Å². The van der Waals surface area contributed by atoms with Gasteiger partial charge in [-0.25, -0.2) is 0 Å². The first-order valence-electron chi connectivity index (χ1n) is 9.48. The highest BCUT2D eigenvalue weighted by molar-refractivity contribution is 6.05. The molecule has 1 saturated heterocycles. The second kappa shape index (κ2) is 6.91. The first kappa shape index (κ1) is 18.1. The maximum atomic E-state index is 13.1. The summed E-state index contributed by atoms with van der Waals surface area (Å²) in [5.74, 6) is 0.125. The van der Waals surface area contributed by atoms with Crippen LogP contribution in [0.15, 0.2) is 12.2 Å². The molecule has 0 saturated carbocycles. The van der Waals surface area contributed by atoms with Gasteiger partial charge in [-0.1, -0.05) is 12.2 Å². The lowest BCUT2D eigenvalue weighted by Crippen LogP contribution is -2.50. The molecule has 25 heavy (non-hydrogen) atoms. The Morgan fingerprint density at radius 3 is 2.60 bits per heavy atom. The number of nitrogens with one attached hydrogen (secondary N) is 1. The number of likely N-dealkylation sites (tertiary alicyclic amines) is 1. The molecule has 2 heterocycles. The molecular formula is C21H30N2O2. The van der Waals surface area contributed by atoms with Gasteiger partial charge in [-0.05, 0) is 77.3 Å². The molecule has 0 bridgehead atoms. The zero-order valence-corrected chi connectivity index (χ0v) is 15.9. The highest BCUT2D eigenvalue weighted by Crippen LogP contribution is 2.41.